The molecule has 1 spiro atoms. The number of nitriles is 1. The smallest absolute Gasteiger partial charge is 0.248 e. The lowest BCUT2D eigenvalue weighted by Gasteiger charge is -2.34. The molecule has 0 saturated carbocycles. The van der Waals surface area contributed by atoms with Crippen LogP contribution in [-0.4, -0.2) is 25.9 Å². The molecule has 44 heavy (non-hydrogen) atoms. The van der Waals surface area contributed by atoms with Gasteiger partial charge in [0.15, 0.2) is 0 Å². The van der Waals surface area contributed by atoms with Gasteiger partial charge in [-0.1, -0.05) is 53.2 Å². The maximum Gasteiger partial charge on any atom is 0.248 e. The van der Waals surface area contributed by atoms with Gasteiger partial charge in [0.25, 0.3) is 0 Å². The summed E-state index contributed by atoms with van der Waals surface area (Å²) in [5.74, 6) is -0.870. The highest BCUT2D eigenvalue weighted by atomic mass is 19.1. The molecule has 0 fully saturated rings. The number of amides is 1. The average molecular weight is 582 g/mol. The Morgan fingerprint density at radius 3 is 2.64 bits per heavy atom. The number of nitrogens with zero attached hydrogens (tertiary/aromatic N) is 5. The van der Waals surface area contributed by atoms with Gasteiger partial charge in [-0.05, 0) is 48.9 Å². The number of anilines is 1. The summed E-state index contributed by atoms with van der Waals surface area (Å²) in [5, 5.41) is 20.9. The van der Waals surface area contributed by atoms with Gasteiger partial charge < -0.3 is 20.4 Å². The first-order chi connectivity index (χ1) is 21.4. The highest BCUT2D eigenvalue weighted by Gasteiger charge is 2.59. The summed E-state index contributed by atoms with van der Waals surface area (Å²) in [4.78, 5) is 19.7. The van der Waals surface area contributed by atoms with Crippen molar-refractivity contribution in [1.29, 1.82) is 5.26 Å². The minimum Gasteiger partial charge on any atom is -0.440 e. The van der Waals surface area contributed by atoms with Crippen LogP contribution in [0.1, 0.15) is 27.9 Å². The third-order valence-corrected chi connectivity index (χ3v) is 8.55. The number of fused-ring (bicyclic) bond motifs is 7. The maximum atomic E-state index is 15.0. The molecule has 2 aromatic heterocycles. The molecule has 10 heteroatoms. The molecule has 0 bridgehead atoms. The van der Waals surface area contributed by atoms with E-state index in [1.807, 2.05) is 67.6 Å². The molecule has 0 aliphatic carbocycles. The quantitative estimate of drug-likeness (QED) is 0.290. The largest absolute Gasteiger partial charge is 0.440 e. The molecular formula is C34H24FN7O2. The van der Waals surface area contributed by atoms with Crippen molar-refractivity contribution in [3.8, 4) is 11.8 Å². The highest BCUT2D eigenvalue weighted by Crippen LogP contribution is 2.56. The summed E-state index contributed by atoms with van der Waals surface area (Å²) in [6.07, 6.45) is 1.78. The molecule has 2 aliphatic heterocycles. The van der Waals surface area contributed by atoms with Gasteiger partial charge in [-0.25, -0.2) is 9.07 Å². The van der Waals surface area contributed by atoms with Gasteiger partial charge in [-0.3, -0.25) is 4.79 Å². The Bertz CT molecular complexity index is 2240. The predicted octanol–water partition coefficient (Wildman–Crippen LogP) is 5.33. The third kappa shape index (κ3) is 3.59. The third-order valence-electron chi connectivity index (χ3n) is 8.55. The Morgan fingerprint density at radius 2 is 1.82 bits per heavy atom. The minimum atomic E-state index is -1.73. The summed E-state index contributed by atoms with van der Waals surface area (Å²) in [6.45, 7) is 2.59. The monoisotopic (exact) mass is 581 g/mol. The molecule has 1 amide bonds. The van der Waals surface area contributed by atoms with Crippen LogP contribution in [0.15, 0.2) is 96.5 Å². The molecule has 1 atom stereocenters. The Labute approximate surface area is 250 Å². The number of para-hydroxylation sites is 1. The Kier molecular flexibility index (Phi) is 5.43. The van der Waals surface area contributed by atoms with Gasteiger partial charge in [-0.15, -0.1) is 5.10 Å². The lowest BCUT2D eigenvalue weighted by atomic mass is 9.68. The van der Waals surface area contributed by atoms with Crippen LogP contribution in [0.2, 0.25) is 0 Å². The van der Waals surface area contributed by atoms with Gasteiger partial charge >= 0.3 is 0 Å². The van der Waals surface area contributed by atoms with Crippen molar-refractivity contribution < 1.29 is 13.9 Å². The second-order valence-corrected chi connectivity index (χ2v) is 11.2. The second kappa shape index (κ2) is 9.28. The normalized spacial score (nSPS) is 17.3. The van der Waals surface area contributed by atoms with Crippen LogP contribution in [0.3, 0.4) is 0 Å². The number of H-pyrrole nitrogens is 1. The summed E-state index contributed by atoms with van der Waals surface area (Å²) in [6, 6.07) is 25.8. The molecule has 8 rings (SSSR count). The number of aromatic amines is 1. The number of nitrogens with one attached hydrogen (secondary N) is 1. The van der Waals surface area contributed by atoms with Crippen molar-refractivity contribution in [1.82, 2.24) is 20.0 Å². The number of rotatable bonds is 4. The topological polar surface area (TPSA) is 126 Å². The SMILES string of the molecule is Cc1ccc(Cn2cc(CN3C(=O)C4(C(C#N)=C(N)Oc5cc6c(cc54)[nH]c4ccccc46)c4cc(F)ccc43)nn2)cc1. The number of nitrogens with two attached hydrogens (primary N) is 1. The fourth-order valence-electron chi connectivity index (χ4n) is 6.54. The van der Waals surface area contributed by atoms with E-state index in [9.17, 15) is 14.4 Å². The summed E-state index contributed by atoms with van der Waals surface area (Å²) >= 11 is 0. The number of aromatic nitrogens is 4. The first-order valence-corrected chi connectivity index (χ1v) is 14.1. The van der Waals surface area contributed by atoms with Gasteiger partial charge in [0.2, 0.25) is 11.8 Å². The van der Waals surface area contributed by atoms with E-state index in [4.69, 9.17) is 10.5 Å². The molecule has 6 aromatic rings. The number of aryl methyl sites for hydroxylation is 1. The van der Waals surface area contributed by atoms with Crippen LogP contribution in [0.5, 0.6) is 5.75 Å². The molecular weight excluding hydrogens is 557 g/mol. The summed E-state index contributed by atoms with van der Waals surface area (Å²) in [7, 11) is 0. The van der Waals surface area contributed by atoms with Crippen molar-refractivity contribution >= 4 is 33.4 Å². The van der Waals surface area contributed by atoms with E-state index in [2.05, 4.69) is 21.4 Å². The number of halogens is 1. The van der Waals surface area contributed by atoms with Gasteiger partial charge in [0, 0.05) is 38.6 Å². The number of carbonyl (C=O) groups excluding carboxylic acids is 1. The summed E-state index contributed by atoms with van der Waals surface area (Å²) in [5.41, 5.74) is 10.1. The molecule has 2 aliphatic rings. The molecule has 4 aromatic carbocycles. The van der Waals surface area contributed by atoms with Crippen LogP contribution >= 0.6 is 0 Å². The van der Waals surface area contributed by atoms with E-state index in [-0.39, 0.29) is 18.0 Å². The van der Waals surface area contributed by atoms with E-state index < -0.39 is 17.1 Å². The lowest BCUT2D eigenvalue weighted by molar-refractivity contribution is -0.121. The van der Waals surface area contributed by atoms with E-state index in [0.29, 0.717) is 34.8 Å². The number of hydrogen-bond donors (Lipinski definition) is 2. The number of ether oxygens (including phenoxy) is 1. The minimum absolute atomic E-state index is 0.0521. The predicted molar refractivity (Wildman–Crippen MR) is 162 cm³/mol. The van der Waals surface area contributed by atoms with Crippen LogP contribution in [0.25, 0.3) is 21.8 Å². The average Bonchev–Trinajstić information content (AvgIpc) is 3.68. The summed E-state index contributed by atoms with van der Waals surface area (Å²) < 4.78 is 22.7. The van der Waals surface area contributed by atoms with Crippen molar-refractivity contribution in [3.63, 3.8) is 0 Å². The first kappa shape index (κ1) is 25.7. The van der Waals surface area contributed by atoms with Crippen molar-refractivity contribution in [2.24, 2.45) is 5.73 Å². The van der Waals surface area contributed by atoms with Crippen molar-refractivity contribution in [3.05, 3.63) is 130 Å². The molecule has 0 saturated heterocycles. The first-order valence-electron chi connectivity index (χ1n) is 14.1. The van der Waals surface area contributed by atoms with Gasteiger partial charge in [0.05, 0.1) is 19.3 Å². The van der Waals surface area contributed by atoms with Crippen LogP contribution in [-0.2, 0) is 23.3 Å². The van der Waals surface area contributed by atoms with Crippen molar-refractivity contribution in [2.75, 3.05) is 4.90 Å². The highest BCUT2D eigenvalue weighted by molar-refractivity contribution is 6.15. The molecule has 1 unspecified atom stereocenters. The van der Waals surface area contributed by atoms with Gasteiger partial charge in [-0.2, -0.15) is 5.26 Å². The van der Waals surface area contributed by atoms with E-state index in [1.165, 1.54) is 17.0 Å². The zero-order valence-electron chi connectivity index (χ0n) is 23.5. The number of carbonyl (C=O) groups is 1. The van der Waals surface area contributed by atoms with Crippen LogP contribution in [0.4, 0.5) is 10.1 Å². The van der Waals surface area contributed by atoms with Crippen LogP contribution in [0, 0.1) is 24.1 Å². The van der Waals surface area contributed by atoms with E-state index in [1.54, 1.807) is 16.9 Å². The van der Waals surface area contributed by atoms with E-state index in [0.717, 1.165) is 32.9 Å². The number of benzene rings is 4. The van der Waals surface area contributed by atoms with E-state index >= 15 is 0 Å². The van der Waals surface area contributed by atoms with Crippen LogP contribution < -0.4 is 15.4 Å². The van der Waals surface area contributed by atoms with Crippen molar-refractivity contribution in [2.45, 2.75) is 25.4 Å². The second-order valence-electron chi connectivity index (χ2n) is 11.2. The Morgan fingerprint density at radius 1 is 1.00 bits per heavy atom. The Hall–Kier alpha value is -5.95. The molecule has 214 valence electrons. The molecule has 4 heterocycles. The molecule has 0 radical (unpaired) electrons. The fourth-order valence-corrected chi connectivity index (χ4v) is 6.54. The van der Waals surface area contributed by atoms with Gasteiger partial charge in [0.1, 0.15) is 34.3 Å². The fraction of sp³-hybridized carbons (Fsp3) is 0.118. The standard InChI is InChI=1S/C34H24FN7O2/c1-19-6-8-20(9-7-19)16-41-17-22(39-40-41)18-42-30-11-10-21(35)12-25(30)34(33(42)43)26-14-29-24(23-4-2-3-5-28(23)38-29)13-31(26)44-32(37)27(34)15-36/h2-14,17,38H,16,18,37H2,1H3. The maximum absolute atomic E-state index is 15.0. The zero-order chi connectivity index (χ0) is 30.2. The number of hydrogen-bond acceptors (Lipinski definition) is 6. The lowest BCUT2D eigenvalue weighted by Crippen LogP contribution is -2.45. The Balaban J connectivity index is 1.27. The molecule has 9 nitrogen and oxygen atoms in total. The zero-order valence-corrected chi connectivity index (χ0v) is 23.5. The molecule has 3 N–H and O–H groups in total.